The van der Waals surface area contributed by atoms with Crippen LogP contribution in [0, 0.1) is 0 Å². The molecule has 0 spiro atoms. The standard InChI is InChI=1S/C13H19NO3S/c1-17-9-11(6-7-15)14-13(16)8-10-2-4-12(18)5-3-10/h2-5,11,15,18H,6-9H2,1H3,(H,14,16). The number of benzene rings is 1. The fraction of sp³-hybridized carbons (Fsp3) is 0.462. The van der Waals surface area contributed by atoms with Crippen molar-refractivity contribution in [3.63, 3.8) is 0 Å². The van der Waals surface area contributed by atoms with E-state index in [9.17, 15) is 4.79 Å². The molecule has 0 aliphatic rings. The topological polar surface area (TPSA) is 58.6 Å². The summed E-state index contributed by atoms with van der Waals surface area (Å²) in [6.07, 6.45) is 0.814. The Morgan fingerprint density at radius 1 is 1.44 bits per heavy atom. The van der Waals surface area contributed by atoms with Gasteiger partial charge in [-0.3, -0.25) is 4.79 Å². The molecule has 0 saturated carbocycles. The minimum Gasteiger partial charge on any atom is -0.396 e. The third-order valence-corrected chi connectivity index (χ3v) is 2.81. The van der Waals surface area contributed by atoms with Gasteiger partial charge >= 0.3 is 0 Å². The average molecular weight is 269 g/mol. The molecule has 0 radical (unpaired) electrons. The Balaban J connectivity index is 2.46. The van der Waals surface area contributed by atoms with E-state index in [4.69, 9.17) is 9.84 Å². The number of methoxy groups -OCH3 is 1. The second-order valence-corrected chi connectivity index (χ2v) is 4.59. The van der Waals surface area contributed by atoms with Crippen LogP contribution in [-0.4, -0.2) is 37.4 Å². The van der Waals surface area contributed by atoms with E-state index in [1.54, 1.807) is 7.11 Å². The lowest BCUT2D eigenvalue weighted by Gasteiger charge is -2.16. The maximum Gasteiger partial charge on any atom is 0.224 e. The first-order chi connectivity index (χ1) is 8.65. The number of hydrogen-bond donors (Lipinski definition) is 3. The van der Waals surface area contributed by atoms with E-state index in [2.05, 4.69) is 17.9 Å². The fourth-order valence-corrected chi connectivity index (χ4v) is 1.78. The molecule has 1 unspecified atom stereocenters. The summed E-state index contributed by atoms with van der Waals surface area (Å²) in [6, 6.07) is 7.31. The number of carbonyl (C=O) groups excluding carboxylic acids is 1. The molecule has 1 aromatic carbocycles. The van der Waals surface area contributed by atoms with E-state index >= 15 is 0 Å². The van der Waals surface area contributed by atoms with E-state index in [1.165, 1.54) is 0 Å². The van der Waals surface area contributed by atoms with Crippen LogP contribution in [0.25, 0.3) is 0 Å². The number of aliphatic hydroxyl groups is 1. The number of ether oxygens (including phenoxy) is 1. The summed E-state index contributed by atoms with van der Waals surface area (Å²) >= 11 is 4.19. The smallest absolute Gasteiger partial charge is 0.224 e. The fourth-order valence-electron chi connectivity index (χ4n) is 1.63. The first-order valence-corrected chi connectivity index (χ1v) is 6.27. The first-order valence-electron chi connectivity index (χ1n) is 5.82. The number of aliphatic hydroxyl groups excluding tert-OH is 1. The van der Waals surface area contributed by atoms with Crippen LogP contribution in [0.15, 0.2) is 29.2 Å². The van der Waals surface area contributed by atoms with Gasteiger partial charge in [-0.25, -0.2) is 0 Å². The third kappa shape index (κ3) is 5.53. The molecule has 0 fully saturated rings. The average Bonchev–Trinajstić information content (AvgIpc) is 2.33. The van der Waals surface area contributed by atoms with Gasteiger partial charge in [0.2, 0.25) is 5.91 Å². The van der Waals surface area contributed by atoms with Crippen LogP contribution in [-0.2, 0) is 16.0 Å². The van der Waals surface area contributed by atoms with Gasteiger partial charge in [0.1, 0.15) is 0 Å². The summed E-state index contributed by atoms with van der Waals surface area (Å²) in [5, 5.41) is 11.7. The predicted octanol–water partition coefficient (Wildman–Crippen LogP) is 1.03. The molecule has 4 nitrogen and oxygen atoms in total. The Labute approximate surface area is 113 Å². The zero-order chi connectivity index (χ0) is 13.4. The molecular formula is C13H19NO3S. The minimum atomic E-state index is -0.142. The maximum atomic E-state index is 11.8. The highest BCUT2D eigenvalue weighted by Gasteiger charge is 2.11. The summed E-state index contributed by atoms with van der Waals surface area (Å²) in [5.74, 6) is -0.0718. The molecule has 0 aliphatic heterocycles. The molecule has 1 aromatic rings. The van der Waals surface area contributed by atoms with Crippen molar-refractivity contribution in [1.82, 2.24) is 5.32 Å². The van der Waals surface area contributed by atoms with Crippen molar-refractivity contribution in [3.8, 4) is 0 Å². The zero-order valence-corrected chi connectivity index (χ0v) is 11.3. The molecule has 18 heavy (non-hydrogen) atoms. The number of rotatable bonds is 7. The Hall–Kier alpha value is -1.04. The molecule has 0 aromatic heterocycles. The van der Waals surface area contributed by atoms with Gasteiger partial charge in [-0.2, -0.15) is 0 Å². The van der Waals surface area contributed by atoms with Gasteiger partial charge in [0.05, 0.1) is 19.1 Å². The van der Waals surface area contributed by atoms with Gasteiger partial charge < -0.3 is 15.2 Å². The van der Waals surface area contributed by atoms with Crippen LogP contribution in [0.2, 0.25) is 0 Å². The summed E-state index contributed by atoms with van der Waals surface area (Å²) in [6.45, 7) is 0.435. The monoisotopic (exact) mass is 269 g/mol. The summed E-state index contributed by atoms with van der Waals surface area (Å²) in [7, 11) is 1.57. The third-order valence-electron chi connectivity index (χ3n) is 2.51. The van der Waals surface area contributed by atoms with E-state index in [1.807, 2.05) is 24.3 Å². The van der Waals surface area contributed by atoms with Crippen molar-refractivity contribution >= 4 is 18.5 Å². The second kappa shape index (κ2) is 8.13. The Morgan fingerprint density at radius 3 is 2.67 bits per heavy atom. The Bertz CT molecular complexity index is 361. The van der Waals surface area contributed by atoms with Gasteiger partial charge in [-0.1, -0.05) is 12.1 Å². The van der Waals surface area contributed by atoms with Gasteiger partial charge in [-0.15, -0.1) is 12.6 Å². The van der Waals surface area contributed by atoms with E-state index < -0.39 is 0 Å². The van der Waals surface area contributed by atoms with Crippen LogP contribution in [0.3, 0.4) is 0 Å². The zero-order valence-electron chi connectivity index (χ0n) is 10.4. The highest BCUT2D eigenvalue weighted by atomic mass is 32.1. The quantitative estimate of drug-likeness (QED) is 0.648. The summed E-state index contributed by atoms with van der Waals surface area (Å²) in [5.41, 5.74) is 0.936. The highest BCUT2D eigenvalue weighted by Crippen LogP contribution is 2.08. The number of carbonyl (C=O) groups is 1. The van der Waals surface area contributed by atoms with Crippen LogP contribution in [0.1, 0.15) is 12.0 Å². The predicted molar refractivity (Wildman–Crippen MR) is 72.9 cm³/mol. The summed E-state index contributed by atoms with van der Waals surface area (Å²) in [4.78, 5) is 12.7. The molecule has 1 atom stereocenters. The van der Waals surface area contributed by atoms with E-state index in [-0.39, 0.29) is 18.6 Å². The van der Waals surface area contributed by atoms with Crippen LogP contribution >= 0.6 is 12.6 Å². The molecule has 0 aliphatic carbocycles. The molecule has 1 rings (SSSR count). The van der Waals surface area contributed by atoms with Crippen molar-refractivity contribution in [2.75, 3.05) is 20.3 Å². The van der Waals surface area contributed by atoms with Crippen molar-refractivity contribution in [2.24, 2.45) is 0 Å². The number of thiol groups is 1. The van der Waals surface area contributed by atoms with Crippen molar-refractivity contribution < 1.29 is 14.6 Å². The molecule has 0 saturated heterocycles. The Morgan fingerprint density at radius 2 is 2.11 bits per heavy atom. The SMILES string of the molecule is COCC(CCO)NC(=O)Cc1ccc(S)cc1. The van der Waals surface area contributed by atoms with Gasteiger partial charge in [0.15, 0.2) is 0 Å². The molecular weight excluding hydrogens is 250 g/mol. The number of nitrogens with one attached hydrogen (secondary N) is 1. The van der Waals surface area contributed by atoms with Crippen molar-refractivity contribution in [2.45, 2.75) is 23.8 Å². The second-order valence-electron chi connectivity index (χ2n) is 4.08. The number of amides is 1. The summed E-state index contributed by atoms with van der Waals surface area (Å²) < 4.78 is 4.99. The van der Waals surface area contributed by atoms with Crippen molar-refractivity contribution in [3.05, 3.63) is 29.8 Å². The van der Waals surface area contributed by atoms with Gasteiger partial charge in [-0.05, 0) is 24.1 Å². The molecule has 100 valence electrons. The Kier molecular flexibility index (Phi) is 6.78. The molecule has 1 amide bonds. The van der Waals surface area contributed by atoms with Gasteiger partial charge in [0.25, 0.3) is 0 Å². The molecule has 2 N–H and O–H groups in total. The van der Waals surface area contributed by atoms with E-state index in [0.717, 1.165) is 10.5 Å². The van der Waals surface area contributed by atoms with Crippen LogP contribution < -0.4 is 5.32 Å². The lowest BCUT2D eigenvalue weighted by molar-refractivity contribution is -0.121. The van der Waals surface area contributed by atoms with Crippen LogP contribution in [0.4, 0.5) is 0 Å². The van der Waals surface area contributed by atoms with Crippen LogP contribution in [0.5, 0.6) is 0 Å². The van der Waals surface area contributed by atoms with E-state index in [0.29, 0.717) is 19.4 Å². The lowest BCUT2D eigenvalue weighted by Crippen LogP contribution is -2.39. The largest absolute Gasteiger partial charge is 0.396 e. The maximum absolute atomic E-state index is 11.8. The molecule has 5 heteroatoms. The molecule has 0 heterocycles. The lowest BCUT2D eigenvalue weighted by atomic mass is 10.1. The molecule has 0 bridgehead atoms. The first kappa shape index (κ1) is 15.0. The minimum absolute atomic E-state index is 0.0304. The highest BCUT2D eigenvalue weighted by molar-refractivity contribution is 7.80. The van der Waals surface area contributed by atoms with Gasteiger partial charge in [0, 0.05) is 18.6 Å². The number of hydrogen-bond acceptors (Lipinski definition) is 4. The van der Waals surface area contributed by atoms with Crippen molar-refractivity contribution in [1.29, 1.82) is 0 Å². The normalized spacial score (nSPS) is 12.2.